The number of fused-ring (bicyclic) bond motifs is 8. The van der Waals surface area contributed by atoms with E-state index in [1.807, 2.05) is 54.9 Å². The minimum Gasteiger partial charge on any atom is -0.665 e. The fourth-order valence-electron chi connectivity index (χ4n) is 12.2. The molecule has 8 atom stereocenters. The number of hydrogen-bond donors (Lipinski definition) is 8. The second-order valence-corrected chi connectivity index (χ2v) is 44.8. The average molecular weight is 2710 g/mol. The molecule has 0 aromatic carbocycles. The minimum absolute atomic E-state index is 0. The molecule has 8 N–H and O–H groups in total. The molecule has 6 radical (unpaired) electrons. The average Bonchev–Trinajstić information content (AvgIpc) is 1.65. The number of thioether (sulfide) groups is 8. The number of thiazole rings is 8. The van der Waals surface area contributed by atoms with Gasteiger partial charge < -0.3 is 76.3 Å². The van der Waals surface area contributed by atoms with Gasteiger partial charge in [-0.25, -0.2) is 101 Å². The zero-order chi connectivity index (χ0) is 98.1. The molecule has 3 saturated heterocycles. The molecule has 0 bridgehead atoms. The van der Waals surface area contributed by atoms with Gasteiger partial charge in [0.15, 0.2) is 53.8 Å². The molecule has 0 spiro atoms. The molecule has 14 aromatic heterocycles. The van der Waals surface area contributed by atoms with Gasteiger partial charge in [-0.05, 0) is 62.2 Å². The van der Waals surface area contributed by atoms with E-state index in [-0.39, 0.29) is 196 Å². The second kappa shape index (κ2) is 55.9. The van der Waals surface area contributed by atoms with Gasteiger partial charge in [0.05, 0.1) is 34.8 Å². The predicted molar refractivity (Wildman–Crippen MR) is 547 cm³/mol. The number of rotatable bonds is 13. The Morgan fingerprint density at radius 1 is 0.466 bits per heavy atom. The maximum absolute atomic E-state index is 10.8. The maximum atomic E-state index is 10.8. The quantitative estimate of drug-likeness (QED) is 0.0303. The largest absolute Gasteiger partial charge is 0.665 e. The summed E-state index contributed by atoms with van der Waals surface area (Å²) in [5.74, 6) is -3.29. The van der Waals surface area contributed by atoms with E-state index in [1.54, 1.807) is 72.7 Å². The number of nitrogens with zero attached hydrogens (tertiary/aromatic N) is 24. The van der Waals surface area contributed by atoms with Crippen LogP contribution in [-0.4, -0.2) is 263 Å². The Kier molecular flexibility index (Phi) is 46.2. The van der Waals surface area contributed by atoms with Crippen LogP contribution in [0.25, 0.3) is 114 Å². The van der Waals surface area contributed by atoms with Crippen molar-refractivity contribution in [1.29, 1.82) is 0 Å². The molecule has 8 unspecified atom stereocenters. The normalized spacial score (nSPS) is 19.6. The van der Waals surface area contributed by atoms with E-state index in [4.69, 9.17) is 40.9 Å². The van der Waals surface area contributed by atoms with Crippen LogP contribution < -0.4 is 36.3 Å². The van der Waals surface area contributed by atoms with Crippen molar-refractivity contribution in [1.82, 2.24) is 59.8 Å². The predicted octanol–water partition coefficient (Wildman–Crippen LogP) is 8.89. The van der Waals surface area contributed by atoms with Crippen molar-refractivity contribution in [2.24, 2.45) is 25.0 Å². The van der Waals surface area contributed by atoms with Gasteiger partial charge in [0.25, 0.3) is 23.6 Å². The zero-order valence-electron chi connectivity index (χ0n) is 74.1. The first-order valence-corrected chi connectivity index (χ1v) is 54.3. The topological polar surface area (TPSA) is 580 Å². The van der Waals surface area contributed by atoms with Gasteiger partial charge in [-0.15, -0.1) is 135 Å². The van der Waals surface area contributed by atoms with E-state index in [0.717, 1.165) is 126 Å². The molecular formula is C84H58N24O16S16Y6-6. The monoisotopic (exact) mass is 2700 g/mol. The van der Waals surface area contributed by atoms with Crippen LogP contribution in [0.15, 0.2) is 135 Å². The molecule has 3 fully saturated rings. The third-order valence-corrected chi connectivity index (χ3v) is 36.5. The SMILES string of the molecule is C=[n+]1[c-]ccc2[n-]c(=C3[N-]C(C(=O)O)CS3)[s+]c21.C=[n+]1c[c-]cc2sc(=C3[N-]C(C(=O)O)CS3)nc21.C=[n+]1ccc2nc(=C3[N-]C(C(=O)O)CS3)sc2c1.O=C(O)C1CSC(c2nc3cc[c-]nc3s2)=N1.O=C(O)C1CSC(c2nc3ccncc3s2)=N1.O=C(O)C1CSC(c2nc3cn[c-]cc3s2)=N1.O=C(O)C1CSC(c2nc3nc[c-]cc3s2)=N1.[CH2-][n+]1[c-]cc2[s+]c(C3=NC(C(=O)O)CS3)nc-2[cH-]1.[Y].[Y].[Y].[Y].[Y].[Y]. The summed E-state index contributed by atoms with van der Waals surface area (Å²) in [5, 5.41) is 93.0. The van der Waals surface area contributed by atoms with Crippen LogP contribution in [0.2, 0.25) is 0 Å². The summed E-state index contributed by atoms with van der Waals surface area (Å²) in [5.41, 5.74) is 6.43. The van der Waals surface area contributed by atoms with E-state index in [1.165, 1.54) is 185 Å². The fraction of sp³-hybridized carbons (Fsp3) is 0.190. The number of carboxylic acid groups (broad SMARTS) is 8. The number of carboxylic acids is 8. The Morgan fingerprint density at radius 3 is 1.52 bits per heavy atom. The standard InChI is InChI=1S/C11H8N3O2S2.C11H9N3O2S2.2C11H8N3O2S2.C10H6N3O2S2.C10H7N3O2S2.2C10H6N3O2S2.6Y/c1-14-3-2-8-6(4-14)12-10(18-8)9-13-7(5-17-9)11(15)16;1-14-3-2-6-8(4-14)18-10(12-6)9-13-7(5-17-9)11(15)16;1-14-4-2-3-7-8(14)13-10(18-7)9-12-6(5-17-9)11(15)16;1-14-4-2-3-6-10(14)18-9(12-6)8-13-7(5-17-8)11(15)16;14-10(15)6-4-16-8(13-6)9-12-5-3-11-2-1-7(5)17-9;14-10(15)6-4-16-8(13-6)9-12-5-1-2-11-3-7(5)17-9;14-10(15)5-4-16-8(12-5)9-13-7-6(17-9)2-1-3-11-7;14-10(15)6-4-16-8(13-6)9-12-5-2-1-3-11-7(5)17-9;;;;;;/h2,4,7H,1,5H2,(H,15,16);2-4,7H,1,5H2,(H,15,16);3-4,6H,1,5H2,(H,15,16);2-3,7H,1,5H2,(H,15,16);1,3,6H,4H2,(H,14,15);1-3,6H,4H2,(H,14,15);2-3,5H,4H2,(H,14,15);1-2,6H,4H2,(H,14,15);;;;;;/q-1;;3*-1;;2*-1;;;;;;. The van der Waals surface area contributed by atoms with Crippen LogP contribution in [0.5, 0.6) is 0 Å². The van der Waals surface area contributed by atoms with Crippen molar-refractivity contribution in [2.75, 3.05) is 46.0 Å². The van der Waals surface area contributed by atoms with Crippen LogP contribution in [-0.2, 0) is 235 Å². The molecule has 10 aliphatic heterocycles. The summed E-state index contributed by atoms with van der Waals surface area (Å²) in [4.78, 5) is 161. The molecule has 0 saturated carbocycles. The van der Waals surface area contributed by atoms with Crippen molar-refractivity contribution in [3.63, 3.8) is 0 Å². The molecule has 14 aromatic rings. The first-order valence-electron chi connectivity index (χ1n) is 39.9. The summed E-state index contributed by atoms with van der Waals surface area (Å²) in [6.45, 7) is 11.4. The molecule has 62 heteroatoms. The van der Waals surface area contributed by atoms with E-state index >= 15 is 0 Å². The smallest absolute Gasteiger partial charge is 0.362 e. The maximum Gasteiger partial charge on any atom is 0.362 e. The van der Waals surface area contributed by atoms with Gasteiger partial charge in [-0.1, -0.05) is 72.6 Å². The molecule has 146 heavy (non-hydrogen) atoms. The van der Waals surface area contributed by atoms with Gasteiger partial charge >= 0.3 is 39.7 Å². The van der Waals surface area contributed by atoms with Crippen molar-refractivity contribution in [3.05, 3.63) is 229 Å². The first kappa shape index (κ1) is 121. The summed E-state index contributed by atoms with van der Waals surface area (Å²) in [6, 6.07) is 18.8. The van der Waals surface area contributed by atoms with Crippen LogP contribution >= 0.6 is 185 Å². The molecule has 0 aliphatic carbocycles. The summed E-state index contributed by atoms with van der Waals surface area (Å²) in [6.07, 6.45) is 25.2. The van der Waals surface area contributed by atoms with E-state index in [9.17, 15) is 38.4 Å². The third kappa shape index (κ3) is 30.5. The van der Waals surface area contributed by atoms with E-state index < -0.39 is 96.1 Å². The van der Waals surface area contributed by atoms with Crippen LogP contribution in [0.1, 0.15) is 25.0 Å². The van der Waals surface area contributed by atoms with E-state index in [2.05, 4.69) is 165 Å². The molecular weight excluding hydrogens is 2650 g/mol. The van der Waals surface area contributed by atoms with Crippen LogP contribution in [0, 0.1) is 64.1 Å². The Bertz CT molecular complexity index is 7470. The Morgan fingerprint density at radius 2 is 0.979 bits per heavy atom. The van der Waals surface area contributed by atoms with Gasteiger partial charge in [0.2, 0.25) is 32.2 Å². The van der Waals surface area contributed by atoms with E-state index in [0.29, 0.717) is 81.9 Å². The zero-order valence-corrected chi connectivity index (χ0v) is 104. The fourth-order valence-corrected chi connectivity index (χ4v) is 28.5. The molecule has 730 valence electrons. The van der Waals surface area contributed by atoms with Crippen molar-refractivity contribution < 1.29 is 293 Å². The molecule has 40 nitrogen and oxygen atoms in total. The van der Waals surface area contributed by atoms with Crippen LogP contribution in [0.3, 0.4) is 0 Å². The molecule has 24 heterocycles. The van der Waals surface area contributed by atoms with Gasteiger partial charge in [-0.3, -0.25) is 59.3 Å². The number of aliphatic carboxylic acids is 8. The summed E-state index contributed by atoms with van der Waals surface area (Å²) in [7, 11) is 3.73. The number of carbonyl (C=O) groups is 8. The van der Waals surface area contributed by atoms with Crippen LogP contribution in [0.4, 0.5) is 0 Å². The number of hydrogen-bond acceptors (Lipinski definition) is 38. The molecule has 0 amide bonds. The van der Waals surface area contributed by atoms with Gasteiger partial charge in [-0.2, -0.15) is 44.3 Å². The van der Waals surface area contributed by atoms with Crippen molar-refractivity contribution in [3.8, 4) is 10.6 Å². The molecule has 10 aliphatic rings. The Labute approximate surface area is 1040 Å². The van der Waals surface area contributed by atoms with Crippen molar-refractivity contribution in [2.45, 2.75) is 48.3 Å². The summed E-state index contributed by atoms with van der Waals surface area (Å²) < 4.78 is 13.7. The van der Waals surface area contributed by atoms with Gasteiger partial charge in [0.1, 0.15) is 60.9 Å². The van der Waals surface area contributed by atoms with Gasteiger partial charge in [0, 0.05) is 260 Å². The molecule has 24 rings (SSSR count). The van der Waals surface area contributed by atoms with Crippen molar-refractivity contribution >= 4 is 345 Å². The summed E-state index contributed by atoms with van der Waals surface area (Å²) >= 11 is 23.2. The Balaban J connectivity index is 0.000000158. The number of aliphatic imine (C=N–C) groups is 5. The minimum atomic E-state index is -0.890. The number of aromatic nitrogens is 16. The Hall–Kier alpha value is -5.66. The second-order valence-electron chi connectivity index (χ2n) is 28.6. The number of pyridine rings is 8. The first-order chi connectivity index (χ1) is 67.5. The third-order valence-electron chi connectivity index (χ3n) is 18.9.